The molecule has 2 N–H and O–H groups in total. The van der Waals surface area contributed by atoms with E-state index in [0.717, 1.165) is 0 Å². The molecule has 1 atom stereocenters. The van der Waals surface area contributed by atoms with Crippen molar-refractivity contribution in [2.24, 2.45) is 0 Å². The summed E-state index contributed by atoms with van der Waals surface area (Å²) in [6.07, 6.45) is -2.58. The van der Waals surface area contributed by atoms with Crippen molar-refractivity contribution in [3.63, 3.8) is 0 Å². The molecule has 0 aliphatic carbocycles. The summed E-state index contributed by atoms with van der Waals surface area (Å²) in [5, 5.41) is 28.4. The predicted octanol–water partition coefficient (Wildman–Crippen LogP) is 1.45. The van der Waals surface area contributed by atoms with Crippen LogP contribution in [0.2, 0.25) is 0 Å². The van der Waals surface area contributed by atoms with Gasteiger partial charge in [-0.2, -0.15) is 8.78 Å². The predicted molar refractivity (Wildman–Crippen MR) is 52.3 cm³/mol. The van der Waals surface area contributed by atoms with Crippen molar-refractivity contribution >= 4 is 11.7 Å². The highest BCUT2D eigenvalue weighted by atomic mass is 19.3. The molecular weight excluding hydrogens is 275 g/mol. The lowest BCUT2D eigenvalue weighted by Crippen LogP contribution is -2.16. The zero-order valence-electron chi connectivity index (χ0n) is 8.92. The first-order chi connectivity index (χ1) is 8.75. The second kappa shape index (κ2) is 5.52. The summed E-state index contributed by atoms with van der Waals surface area (Å²) < 4.78 is 41.2. The zero-order valence-corrected chi connectivity index (χ0v) is 8.92. The molecule has 104 valence electrons. The molecule has 0 heterocycles. The van der Waals surface area contributed by atoms with Crippen molar-refractivity contribution in [3.05, 3.63) is 33.6 Å². The standard InChI is InChI=1S/C9H6F3NO6/c10-3-1-2-4(13(17)18)5(6(14)8(15)16)7(3)19-9(11)12/h1-2,6,9,14H,(H,15,16). The van der Waals surface area contributed by atoms with Gasteiger partial charge < -0.3 is 14.9 Å². The third-order valence-electron chi connectivity index (χ3n) is 2.04. The summed E-state index contributed by atoms with van der Waals surface area (Å²) in [7, 11) is 0. The fourth-order valence-corrected chi connectivity index (χ4v) is 1.32. The van der Waals surface area contributed by atoms with E-state index in [1.807, 2.05) is 0 Å². The quantitative estimate of drug-likeness (QED) is 0.624. The number of nitro benzene ring substituents is 1. The molecule has 0 amide bonds. The molecule has 0 saturated heterocycles. The van der Waals surface area contributed by atoms with Crippen molar-refractivity contribution in [2.75, 3.05) is 0 Å². The summed E-state index contributed by atoms with van der Waals surface area (Å²) in [6, 6.07) is 0.989. The Hall–Kier alpha value is -2.36. The normalized spacial score (nSPS) is 12.3. The number of carbonyl (C=O) groups is 1. The van der Waals surface area contributed by atoms with E-state index in [1.165, 1.54) is 0 Å². The monoisotopic (exact) mass is 281 g/mol. The number of hydrogen-bond donors (Lipinski definition) is 2. The Balaban J connectivity index is 3.53. The van der Waals surface area contributed by atoms with E-state index in [0.29, 0.717) is 12.1 Å². The van der Waals surface area contributed by atoms with Crippen LogP contribution in [0.15, 0.2) is 12.1 Å². The Morgan fingerprint density at radius 2 is 2.00 bits per heavy atom. The van der Waals surface area contributed by atoms with Gasteiger partial charge in [0.25, 0.3) is 5.69 Å². The van der Waals surface area contributed by atoms with Crippen molar-refractivity contribution in [1.82, 2.24) is 0 Å². The number of aliphatic hydroxyl groups excluding tert-OH is 1. The van der Waals surface area contributed by atoms with Crippen LogP contribution in [-0.4, -0.2) is 27.7 Å². The summed E-state index contributed by atoms with van der Waals surface area (Å²) in [6.45, 7) is -3.55. The first-order valence-electron chi connectivity index (χ1n) is 4.58. The van der Waals surface area contributed by atoms with E-state index in [2.05, 4.69) is 4.74 Å². The van der Waals surface area contributed by atoms with E-state index in [9.17, 15) is 33.2 Å². The Morgan fingerprint density at radius 3 is 2.42 bits per heavy atom. The lowest BCUT2D eigenvalue weighted by molar-refractivity contribution is -0.386. The average molecular weight is 281 g/mol. The Labute approximate surface area is 103 Å². The molecule has 0 aliphatic heterocycles. The van der Waals surface area contributed by atoms with Gasteiger partial charge in [0.2, 0.25) is 0 Å². The zero-order chi connectivity index (χ0) is 14.7. The Morgan fingerprint density at radius 1 is 1.42 bits per heavy atom. The number of aliphatic hydroxyl groups is 1. The third kappa shape index (κ3) is 3.10. The molecule has 0 bridgehead atoms. The molecule has 1 rings (SSSR count). The number of nitro groups is 1. The maximum absolute atomic E-state index is 13.3. The fraction of sp³-hybridized carbons (Fsp3) is 0.222. The summed E-state index contributed by atoms with van der Waals surface area (Å²) >= 11 is 0. The SMILES string of the molecule is O=C(O)C(O)c1c([N+](=O)[O-])ccc(F)c1OC(F)F. The molecule has 0 radical (unpaired) electrons. The topological polar surface area (TPSA) is 110 Å². The summed E-state index contributed by atoms with van der Waals surface area (Å²) in [5.74, 6) is -4.81. The van der Waals surface area contributed by atoms with E-state index < -0.39 is 46.4 Å². The molecule has 0 spiro atoms. The number of alkyl halides is 2. The number of carboxylic acid groups (broad SMARTS) is 1. The van der Waals surface area contributed by atoms with Gasteiger partial charge in [0.05, 0.1) is 4.92 Å². The third-order valence-corrected chi connectivity index (χ3v) is 2.04. The maximum atomic E-state index is 13.3. The first-order valence-corrected chi connectivity index (χ1v) is 4.58. The molecule has 1 aromatic rings. The second-order valence-electron chi connectivity index (χ2n) is 3.19. The second-order valence-corrected chi connectivity index (χ2v) is 3.19. The van der Waals surface area contributed by atoms with Crippen LogP contribution in [0.25, 0.3) is 0 Å². The fourth-order valence-electron chi connectivity index (χ4n) is 1.32. The number of aliphatic carboxylic acids is 1. The van der Waals surface area contributed by atoms with Gasteiger partial charge in [-0.1, -0.05) is 0 Å². The van der Waals surface area contributed by atoms with E-state index >= 15 is 0 Å². The average Bonchev–Trinajstić information content (AvgIpc) is 2.29. The number of nitrogens with zero attached hydrogens (tertiary/aromatic N) is 1. The van der Waals surface area contributed by atoms with E-state index in [1.54, 1.807) is 0 Å². The van der Waals surface area contributed by atoms with Gasteiger partial charge in [-0.25, -0.2) is 9.18 Å². The van der Waals surface area contributed by atoms with Gasteiger partial charge in [-0.05, 0) is 6.07 Å². The number of halogens is 3. The molecule has 1 unspecified atom stereocenters. The molecule has 19 heavy (non-hydrogen) atoms. The largest absolute Gasteiger partial charge is 0.479 e. The number of ether oxygens (including phenoxy) is 1. The number of carboxylic acids is 1. The van der Waals surface area contributed by atoms with Crippen molar-refractivity contribution in [2.45, 2.75) is 12.7 Å². The van der Waals surface area contributed by atoms with Gasteiger partial charge in [-0.15, -0.1) is 0 Å². The van der Waals surface area contributed by atoms with Crippen LogP contribution in [0.4, 0.5) is 18.9 Å². The van der Waals surface area contributed by atoms with E-state index in [4.69, 9.17) is 5.11 Å². The number of benzene rings is 1. The van der Waals surface area contributed by atoms with Crippen molar-refractivity contribution < 1.29 is 37.8 Å². The van der Waals surface area contributed by atoms with Crippen LogP contribution in [0, 0.1) is 15.9 Å². The molecule has 10 heteroatoms. The van der Waals surface area contributed by atoms with Gasteiger partial charge in [-0.3, -0.25) is 10.1 Å². The molecule has 0 aromatic heterocycles. The van der Waals surface area contributed by atoms with Crippen LogP contribution in [0.5, 0.6) is 5.75 Å². The summed E-state index contributed by atoms with van der Waals surface area (Å²) in [5.41, 5.74) is -2.23. The molecular formula is C9H6F3NO6. The highest BCUT2D eigenvalue weighted by Crippen LogP contribution is 2.37. The maximum Gasteiger partial charge on any atom is 0.387 e. The van der Waals surface area contributed by atoms with Gasteiger partial charge >= 0.3 is 12.6 Å². The molecule has 0 fully saturated rings. The Kier molecular flexibility index (Phi) is 4.27. The van der Waals surface area contributed by atoms with Gasteiger partial charge in [0.1, 0.15) is 5.56 Å². The number of hydrogen-bond acceptors (Lipinski definition) is 5. The minimum atomic E-state index is -3.55. The minimum Gasteiger partial charge on any atom is -0.479 e. The Bertz CT molecular complexity index is 521. The minimum absolute atomic E-state index is 0.452. The van der Waals surface area contributed by atoms with Crippen LogP contribution >= 0.6 is 0 Å². The lowest BCUT2D eigenvalue weighted by atomic mass is 10.1. The lowest BCUT2D eigenvalue weighted by Gasteiger charge is -2.13. The van der Waals surface area contributed by atoms with Crippen molar-refractivity contribution in [3.8, 4) is 5.75 Å². The molecule has 0 aliphatic rings. The molecule has 7 nitrogen and oxygen atoms in total. The van der Waals surface area contributed by atoms with Gasteiger partial charge in [0, 0.05) is 6.07 Å². The van der Waals surface area contributed by atoms with Crippen LogP contribution in [0.3, 0.4) is 0 Å². The van der Waals surface area contributed by atoms with Crippen molar-refractivity contribution in [1.29, 1.82) is 0 Å². The smallest absolute Gasteiger partial charge is 0.387 e. The first kappa shape index (κ1) is 14.7. The van der Waals surface area contributed by atoms with Crippen LogP contribution < -0.4 is 4.74 Å². The molecule has 1 aromatic carbocycles. The highest BCUT2D eigenvalue weighted by molar-refractivity contribution is 5.77. The van der Waals surface area contributed by atoms with Crippen LogP contribution in [0.1, 0.15) is 11.7 Å². The highest BCUT2D eigenvalue weighted by Gasteiger charge is 2.33. The van der Waals surface area contributed by atoms with E-state index in [-0.39, 0.29) is 0 Å². The molecule has 0 saturated carbocycles. The van der Waals surface area contributed by atoms with Gasteiger partial charge in [0.15, 0.2) is 17.7 Å². The summed E-state index contributed by atoms with van der Waals surface area (Å²) in [4.78, 5) is 20.1. The van der Waals surface area contributed by atoms with Crippen LogP contribution in [-0.2, 0) is 4.79 Å². The number of rotatable bonds is 5.